The third-order valence-electron chi connectivity index (χ3n) is 4.83. The molecule has 4 rings (SSSR count). The van der Waals surface area contributed by atoms with Gasteiger partial charge in [0.25, 0.3) is 5.91 Å². The number of carbonyl (C=O) groups excluding carboxylic acids is 1. The van der Waals surface area contributed by atoms with Crippen molar-refractivity contribution >= 4 is 21.8 Å². The molecule has 3 heterocycles. The highest BCUT2D eigenvalue weighted by atomic mass is 79.9. The predicted molar refractivity (Wildman–Crippen MR) is 103 cm³/mol. The molecule has 0 spiro atoms. The van der Waals surface area contributed by atoms with Crippen LogP contribution in [0.2, 0.25) is 0 Å². The molecule has 140 valence electrons. The molecule has 0 aliphatic carbocycles. The molecule has 1 aromatic carbocycles. The average molecular weight is 430 g/mol. The zero-order valence-corrected chi connectivity index (χ0v) is 16.8. The molecule has 1 atom stereocenters. The first-order chi connectivity index (χ1) is 13.0. The van der Waals surface area contributed by atoms with Crippen molar-refractivity contribution in [2.75, 3.05) is 6.54 Å². The fourth-order valence-electron chi connectivity index (χ4n) is 3.32. The van der Waals surface area contributed by atoms with E-state index < -0.39 is 0 Å². The van der Waals surface area contributed by atoms with E-state index in [1.54, 1.807) is 6.07 Å². The van der Waals surface area contributed by atoms with E-state index in [1.807, 2.05) is 35.2 Å². The van der Waals surface area contributed by atoms with Gasteiger partial charge in [0, 0.05) is 34.6 Å². The molecule has 6 nitrogen and oxygen atoms in total. The Balaban J connectivity index is 1.55. The Hall–Kier alpha value is -2.41. The van der Waals surface area contributed by atoms with Crippen LogP contribution in [0.4, 0.5) is 0 Å². The number of hydrogen-bond donors (Lipinski definition) is 0. The molecule has 1 aliphatic heterocycles. The Kier molecular flexibility index (Phi) is 4.86. The van der Waals surface area contributed by atoms with Crippen LogP contribution in [0.15, 0.2) is 49.9 Å². The summed E-state index contributed by atoms with van der Waals surface area (Å²) in [4.78, 5) is 14.8. The second kappa shape index (κ2) is 7.31. The molecular formula is C20H20BrN3O3. The molecule has 2 aromatic heterocycles. The van der Waals surface area contributed by atoms with Crippen molar-refractivity contribution in [3.8, 4) is 11.3 Å². The van der Waals surface area contributed by atoms with Crippen LogP contribution in [0.3, 0.4) is 0 Å². The van der Waals surface area contributed by atoms with E-state index in [9.17, 15) is 4.79 Å². The van der Waals surface area contributed by atoms with Gasteiger partial charge in [-0.1, -0.05) is 52.2 Å². The summed E-state index contributed by atoms with van der Waals surface area (Å²) in [5, 5.41) is 8.19. The number of nitrogens with zero attached hydrogens (tertiary/aromatic N) is 3. The van der Waals surface area contributed by atoms with Crippen molar-refractivity contribution in [1.29, 1.82) is 0 Å². The number of benzene rings is 1. The second-order valence-corrected chi connectivity index (χ2v) is 7.96. The van der Waals surface area contributed by atoms with Gasteiger partial charge in [-0.25, -0.2) is 0 Å². The minimum atomic E-state index is -0.140. The number of hydrogen-bond acceptors (Lipinski definition) is 5. The van der Waals surface area contributed by atoms with Crippen molar-refractivity contribution in [1.82, 2.24) is 15.2 Å². The zero-order valence-electron chi connectivity index (χ0n) is 15.2. The van der Waals surface area contributed by atoms with E-state index in [-0.39, 0.29) is 17.9 Å². The summed E-state index contributed by atoms with van der Waals surface area (Å²) in [6.07, 6.45) is 1.80. The monoisotopic (exact) mass is 429 g/mol. The summed E-state index contributed by atoms with van der Waals surface area (Å²) in [6, 6.07) is 11.3. The lowest BCUT2D eigenvalue weighted by atomic mass is 10.1. The van der Waals surface area contributed by atoms with Gasteiger partial charge in [0.05, 0.1) is 6.04 Å². The van der Waals surface area contributed by atoms with E-state index in [1.165, 1.54) is 0 Å². The molecule has 27 heavy (non-hydrogen) atoms. The van der Waals surface area contributed by atoms with Gasteiger partial charge in [-0.15, -0.1) is 0 Å². The third-order valence-corrected chi connectivity index (χ3v) is 5.36. The largest absolute Gasteiger partial charge is 0.361 e. The number of likely N-dealkylation sites (tertiary alicyclic amines) is 1. The van der Waals surface area contributed by atoms with Gasteiger partial charge in [-0.2, -0.15) is 0 Å². The molecule has 1 aliphatic rings. The lowest BCUT2D eigenvalue weighted by molar-refractivity contribution is 0.0720. The number of carbonyl (C=O) groups is 1. The highest BCUT2D eigenvalue weighted by molar-refractivity contribution is 9.10. The number of rotatable bonds is 4. The highest BCUT2D eigenvalue weighted by Gasteiger charge is 2.34. The summed E-state index contributed by atoms with van der Waals surface area (Å²) in [7, 11) is 0. The maximum Gasteiger partial charge on any atom is 0.276 e. The first-order valence-electron chi connectivity index (χ1n) is 9.03. The van der Waals surface area contributed by atoms with Crippen LogP contribution in [0.5, 0.6) is 0 Å². The van der Waals surface area contributed by atoms with Crippen LogP contribution in [-0.4, -0.2) is 27.7 Å². The first-order valence-corrected chi connectivity index (χ1v) is 9.82. The molecule has 0 radical (unpaired) electrons. The van der Waals surface area contributed by atoms with Gasteiger partial charge >= 0.3 is 0 Å². The van der Waals surface area contributed by atoms with Gasteiger partial charge < -0.3 is 13.9 Å². The molecule has 3 aromatic rings. The smallest absolute Gasteiger partial charge is 0.276 e. The van der Waals surface area contributed by atoms with Crippen molar-refractivity contribution in [2.24, 2.45) is 0 Å². The van der Waals surface area contributed by atoms with E-state index in [0.29, 0.717) is 18.0 Å². The van der Waals surface area contributed by atoms with Crippen LogP contribution in [0.25, 0.3) is 11.3 Å². The van der Waals surface area contributed by atoms with E-state index >= 15 is 0 Å². The Morgan fingerprint density at radius 3 is 2.67 bits per heavy atom. The van der Waals surface area contributed by atoms with Gasteiger partial charge in [-0.3, -0.25) is 4.79 Å². The van der Waals surface area contributed by atoms with E-state index in [2.05, 4.69) is 40.1 Å². The summed E-state index contributed by atoms with van der Waals surface area (Å²) >= 11 is 3.41. The van der Waals surface area contributed by atoms with Crippen LogP contribution in [0.1, 0.15) is 60.6 Å². The van der Waals surface area contributed by atoms with Crippen LogP contribution < -0.4 is 0 Å². The molecule has 7 heteroatoms. The van der Waals surface area contributed by atoms with Crippen molar-refractivity contribution in [3.63, 3.8) is 0 Å². The van der Waals surface area contributed by atoms with E-state index in [0.717, 1.165) is 34.3 Å². The second-order valence-electron chi connectivity index (χ2n) is 7.05. The summed E-state index contributed by atoms with van der Waals surface area (Å²) in [5.74, 6) is 1.54. The third kappa shape index (κ3) is 3.56. The molecule has 0 unspecified atom stereocenters. The first kappa shape index (κ1) is 18.0. The molecule has 0 bridgehead atoms. The van der Waals surface area contributed by atoms with Crippen molar-refractivity contribution in [2.45, 2.75) is 38.6 Å². The Labute approximate surface area is 165 Å². The number of amides is 1. The maximum atomic E-state index is 13.0. The molecule has 0 N–H and O–H groups in total. The van der Waals surface area contributed by atoms with Gasteiger partial charge in [0.1, 0.15) is 11.5 Å². The quantitative estimate of drug-likeness (QED) is 0.570. The lowest BCUT2D eigenvalue weighted by Crippen LogP contribution is -2.30. The van der Waals surface area contributed by atoms with Crippen LogP contribution >= 0.6 is 15.9 Å². The Bertz CT molecular complexity index is 946. The molecular weight excluding hydrogens is 410 g/mol. The van der Waals surface area contributed by atoms with Gasteiger partial charge in [-0.05, 0) is 25.0 Å². The van der Waals surface area contributed by atoms with E-state index in [4.69, 9.17) is 9.05 Å². The molecule has 1 amide bonds. The molecule has 0 saturated carbocycles. The summed E-state index contributed by atoms with van der Waals surface area (Å²) in [6.45, 7) is 4.79. The fraction of sp³-hybridized carbons (Fsp3) is 0.350. The minimum absolute atomic E-state index is 0.0819. The van der Waals surface area contributed by atoms with Crippen molar-refractivity contribution in [3.05, 3.63) is 58.0 Å². The SMILES string of the molecule is CC(C)c1cc([C@H]2CCCN2C(=O)c2cc(-c3ccc(Br)cc3)on2)no1. The van der Waals surface area contributed by atoms with Crippen LogP contribution in [0, 0.1) is 0 Å². The van der Waals surface area contributed by atoms with Crippen LogP contribution in [-0.2, 0) is 0 Å². The summed E-state index contributed by atoms with van der Waals surface area (Å²) < 4.78 is 11.8. The minimum Gasteiger partial charge on any atom is -0.361 e. The van der Waals surface area contributed by atoms with Crippen molar-refractivity contribution < 1.29 is 13.8 Å². The molecule has 1 saturated heterocycles. The average Bonchev–Trinajstić information content (AvgIpc) is 3.40. The number of halogens is 1. The lowest BCUT2D eigenvalue weighted by Gasteiger charge is -2.21. The van der Waals surface area contributed by atoms with Gasteiger partial charge in [0.2, 0.25) is 0 Å². The Morgan fingerprint density at radius 2 is 1.96 bits per heavy atom. The van der Waals surface area contributed by atoms with Gasteiger partial charge in [0.15, 0.2) is 11.5 Å². The normalized spacial score (nSPS) is 17.0. The molecule has 1 fully saturated rings. The summed E-state index contributed by atoms with van der Waals surface area (Å²) in [5.41, 5.74) is 1.99. The highest BCUT2D eigenvalue weighted by Crippen LogP contribution is 2.34. The standard InChI is InChI=1S/C20H20BrN3O3/c1-12(2)18-10-15(22-26-18)17-4-3-9-24(17)20(25)16-11-19(27-23-16)13-5-7-14(21)8-6-13/h5-8,10-12,17H,3-4,9H2,1-2H3/t17-/m1/s1. The maximum absolute atomic E-state index is 13.0. The fourth-order valence-corrected chi connectivity index (χ4v) is 3.59. The topological polar surface area (TPSA) is 72.4 Å². The zero-order chi connectivity index (χ0) is 19.0. The predicted octanol–water partition coefficient (Wildman–Crippen LogP) is 5.19. The Morgan fingerprint density at radius 1 is 1.19 bits per heavy atom. The number of aromatic nitrogens is 2.